The summed E-state index contributed by atoms with van der Waals surface area (Å²) in [5.41, 5.74) is 2.06. The molecule has 0 saturated carbocycles. The lowest BCUT2D eigenvalue weighted by Gasteiger charge is -2.39. The molecule has 0 aliphatic carbocycles. The van der Waals surface area contributed by atoms with Crippen LogP contribution in [-0.2, 0) is 11.8 Å². The Morgan fingerprint density at radius 3 is 2.74 bits per heavy atom. The van der Waals surface area contributed by atoms with Crippen molar-refractivity contribution in [3.63, 3.8) is 0 Å². The summed E-state index contributed by atoms with van der Waals surface area (Å²) in [6.07, 6.45) is 3.28. The molecule has 1 aliphatic rings. The van der Waals surface area contributed by atoms with Gasteiger partial charge in [-0.05, 0) is 51.3 Å². The number of hydrogen-bond acceptors (Lipinski definition) is 5. The maximum Gasteiger partial charge on any atom is 0.233 e. The second kappa shape index (κ2) is 7.07. The number of rotatable bonds is 3. The molecule has 0 spiro atoms. The Morgan fingerprint density at radius 1 is 1.26 bits per heavy atom. The number of thioether (sulfide) groups is 1. The van der Waals surface area contributed by atoms with E-state index >= 15 is 0 Å². The molecule has 3 heterocycles. The first kappa shape index (κ1) is 18.2. The van der Waals surface area contributed by atoms with Gasteiger partial charge < -0.3 is 9.47 Å². The Balaban J connectivity index is 1.57. The highest BCUT2D eigenvalue weighted by atomic mass is 32.2. The van der Waals surface area contributed by atoms with E-state index in [0.717, 1.165) is 18.4 Å². The molecule has 0 unspecified atom stereocenters. The topological polar surface area (TPSA) is 63.9 Å². The number of benzene rings is 1. The van der Waals surface area contributed by atoms with Crippen LogP contribution in [0.15, 0.2) is 23.4 Å². The van der Waals surface area contributed by atoms with Crippen LogP contribution in [0.4, 0.5) is 4.39 Å². The Kier molecular flexibility index (Phi) is 4.75. The minimum absolute atomic E-state index is 0.113. The first-order valence-corrected chi connectivity index (χ1v) is 10.2. The number of carbonyl (C=O) groups is 1. The van der Waals surface area contributed by atoms with Crippen molar-refractivity contribution >= 4 is 39.7 Å². The average Bonchev–Trinajstić information content (AvgIpc) is 2.91. The molecule has 27 heavy (non-hydrogen) atoms. The molecule has 1 aromatic carbocycles. The van der Waals surface area contributed by atoms with Crippen LogP contribution in [0.3, 0.4) is 0 Å². The third kappa shape index (κ3) is 3.26. The van der Waals surface area contributed by atoms with Gasteiger partial charge in [0, 0.05) is 24.5 Å². The maximum atomic E-state index is 13.6. The molecule has 142 valence electrons. The van der Waals surface area contributed by atoms with Gasteiger partial charge in [-0.3, -0.25) is 4.79 Å². The molecule has 0 N–H and O–H groups in total. The summed E-state index contributed by atoms with van der Waals surface area (Å²) in [7, 11) is 1.87. The fourth-order valence-corrected chi connectivity index (χ4v) is 4.64. The van der Waals surface area contributed by atoms with Gasteiger partial charge in [-0.25, -0.2) is 9.37 Å². The Labute approximate surface area is 161 Å². The van der Waals surface area contributed by atoms with Crippen LogP contribution in [0.1, 0.15) is 33.1 Å². The highest BCUT2D eigenvalue weighted by molar-refractivity contribution is 7.99. The monoisotopic (exact) mass is 387 g/mol. The van der Waals surface area contributed by atoms with Crippen LogP contribution in [0.5, 0.6) is 0 Å². The molecule has 8 heteroatoms. The molecule has 0 radical (unpaired) electrons. The van der Waals surface area contributed by atoms with Gasteiger partial charge in [0.05, 0.1) is 11.3 Å². The van der Waals surface area contributed by atoms with Crippen molar-refractivity contribution in [1.82, 2.24) is 24.6 Å². The minimum atomic E-state index is -0.314. The third-order valence-electron chi connectivity index (χ3n) is 5.35. The van der Waals surface area contributed by atoms with Crippen molar-refractivity contribution in [2.24, 2.45) is 7.05 Å². The normalized spacial score (nSPS) is 20.5. The summed E-state index contributed by atoms with van der Waals surface area (Å²) in [6.45, 7) is 4.22. The Morgan fingerprint density at radius 2 is 2.00 bits per heavy atom. The second-order valence-corrected chi connectivity index (χ2v) is 8.15. The number of halogens is 1. The summed E-state index contributed by atoms with van der Waals surface area (Å²) in [5, 5.41) is 9.55. The summed E-state index contributed by atoms with van der Waals surface area (Å²) < 4.78 is 15.5. The van der Waals surface area contributed by atoms with Crippen LogP contribution >= 0.6 is 11.8 Å². The molecule has 1 fully saturated rings. The summed E-state index contributed by atoms with van der Waals surface area (Å²) in [5.74, 6) is 0.0913. The van der Waals surface area contributed by atoms with Crippen molar-refractivity contribution in [2.75, 3.05) is 5.75 Å². The number of likely N-dealkylation sites (tertiary alicyclic amines) is 1. The van der Waals surface area contributed by atoms with Crippen LogP contribution in [0.25, 0.3) is 22.1 Å². The fourth-order valence-electron chi connectivity index (χ4n) is 3.99. The van der Waals surface area contributed by atoms with Crippen molar-refractivity contribution in [2.45, 2.75) is 50.4 Å². The van der Waals surface area contributed by atoms with Gasteiger partial charge in [-0.1, -0.05) is 11.8 Å². The molecule has 2 atom stereocenters. The maximum absolute atomic E-state index is 13.6. The van der Waals surface area contributed by atoms with E-state index in [9.17, 15) is 9.18 Å². The van der Waals surface area contributed by atoms with Crippen molar-refractivity contribution < 1.29 is 9.18 Å². The average molecular weight is 387 g/mol. The molecule has 6 nitrogen and oxygen atoms in total. The number of hydrogen-bond donors (Lipinski definition) is 0. The minimum Gasteiger partial charge on any atom is -0.337 e. The van der Waals surface area contributed by atoms with Gasteiger partial charge in [0.15, 0.2) is 5.65 Å². The molecular weight excluding hydrogens is 365 g/mol. The van der Waals surface area contributed by atoms with E-state index in [2.05, 4.69) is 29.0 Å². The Hall–Kier alpha value is -2.22. The highest BCUT2D eigenvalue weighted by Gasteiger charge is 2.28. The van der Waals surface area contributed by atoms with E-state index in [4.69, 9.17) is 0 Å². The molecule has 2 aromatic heterocycles. The summed E-state index contributed by atoms with van der Waals surface area (Å²) in [6, 6.07) is 5.13. The van der Waals surface area contributed by atoms with Gasteiger partial charge >= 0.3 is 0 Å². The zero-order valence-electron chi connectivity index (χ0n) is 15.6. The first-order valence-electron chi connectivity index (χ1n) is 9.18. The predicted octanol–water partition coefficient (Wildman–Crippen LogP) is 3.54. The van der Waals surface area contributed by atoms with Gasteiger partial charge in [0.1, 0.15) is 11.3 Å². The lowest BCUT2D eigenvalue weighted by Crippen LogP contribution is -2.48. The lowest BCUT2D eigenvalue weighted by atomic mass is 9.98. The Bertz CT molecular complexity index is 1010. The number of nitrogens with zero attached hydrogens (tertiary/aromatic N) is 5. The molecule has 1 amide bonds. The van der Waals surface area contributed by atoms with E-state index in [0.29, 0.717) is 27.5 Å². The number of fused-ring (bicyclic) bond motifs is 3. The van der Waals surface area contributed by atoms with Gasteiger partial charge in [-0.2, -0.15) is 0 Å². The zero-order chi connectivity index (χ0) is 19.1. The third-order valence-corrected chi connectivity index (χ3v) is 6.17. The first-order chi connectivity index (χ1) is 13.0. The van der Waals surface area contributed by atoms with E-state index in [1.165, 1.54) is 30.3 Å². The fraction of sp³-hybridized carbons (Fsp3) is 0.474. The SMILES string of the molecule is C[C@H]1CCC[C@H](C)N1C(=O)CSc1nnc2c3cc(F)ccc3n(C)c2n1. The van der Waals surface area contributed by atoms with Crippen LogP contribution in [0, 0.1) is 5.82 Å². The second-order valence-electron chi connectivity index (χ2n) is 7.21. The van der Waals surface area contributed by atoms with Crippen molar-refractivity contribution in [1.29, 1.82) is 0 Å². The van der Waals surface area contributed by atoms with Gasteiger partial charge in [-0.15, -0.1) is 10.2 Å². The van der Waals surface area contributed by atoms with E-state index in [1.54, 1.807) is 6.07 Å². The van der Waals surface area contributed by atoms with Crippen molar-refractivity contribution in [3.05, 3.63) is 24.0 Å². The molecule has 4 rings (SSSR count). The summed E-state index contributed by atoms with van der Waals surface area (Å²) in [4.78, 5) is 19.2. The van der Waals surface area contributed by atoms with E-state index < -0.39 is 0 Å². The number of carbonyl (C=O) groups excluding carboxylic acids is 1. The molecule has 1 aliphatic heterocycles. The molecule has 1 saturated heterocycles. The predicted molar refractivity (Wildman–Crippen MR) is 104 cm³/mol. The summed E-state index contributed by atoms with van der Waals surface area (Å²) >= 11 is 1.30. The number of piperidine rings is 1. The highest BCUT2D eigenvalue weighted by Crippen LogP contribution is 2.28. The van der Waals surface area contributed by atoms with Crippen LogP contribution < -0.4 is 0 Å². The number of amides is 1. The van der Waals surface area contributed by atoms with Crippen molar-refractivity contribution in [3.8, 4) is 0 Å². The smallest absolute Gasteiger partial charge is 0.233 e. The van der Waals surface area contributed by atoms with Crippen LogP contribution in [-0.4, -0.2) is 48.4 Å². The number of aromatic nitrogens is 4. The number of aryl methyl sites for hydroxylation is 1. The van der Waals surface area contributed by atoms with E-state index in [1.807, 2.05) is 16.5 Å². The van der Waals surface area contributed by atoms with E-state index in [-0.39, 0.29) is 23.8 Å². The van der Waals surface area contributed by atoms with Gasteiger partial charge in [0.25, 0.3) is 0 Å². The molecular formula is C19H22FN5OS. The molecule has 3 aromatic rings. The largest absolute Gasteiger partial charge is 0.337 e. The zero-order valence-corrected chi connectivity index (χ0v) is 16.5. The lowest BCUT2D eigenvalue weighted by molar-refractivity contribution is -0.134. The van der Waals surface area contributed by atoms with Gasteiger partial charge in [0.2, 0.25) is 11.1 Å². The standard InChI is InChI=1S/C19H22FN5OS/c1-11-5-4-6-12(2)25(11)16(26)10-27-19-21-18-17(22-23-19)14-9-13(20)7-8-15(14)24(18)3/h7-9,11-12H,4-6,10H2,1-3H3/t11-,12-/m0/s1. The molecule has 0 bridgehead atoms. The van der Waals surface area contributed by atoms with Crippen LogP contribution in [0.2, 0.25) is 0 Å². The quantitative estimate of drug-likeness (QED) is 0.643.